The normalized spacial score (nSPS) is 10.1. The Hall–Kier alpha value is -2.29. The van der Waals surface area contributed by atoms with Crippen molar-refractivity contribution in [2.24, 2.45) is 0 Å². The zero-order chi connectivity index (χ0) is 13.1. The number of carbonyl (C=O) groups is 1. The number of hydrogen-bond acceptors (Lipinski definition) is 2. The molecule has 0 bridgehead atoms. The van der Waals surface area contributed by atoms with Gasteiger partial charge in [-0.2, -0.15) is 0 Å². The molecule has 3 heteroatoms. The minimum absolute atomic E-state index is 0.288. The van der Waals surface area contributed by atoms with E-state index in [4.69, 9.17) is 0 Å². The lowest BCUT2D eigenvalue weighted by atomic mass is 10.1. The molecule has 0 atom stereocenters. The Kier molecular flexibility index (Phi) is 3.33. The van der Waals surface area contributed by atoms with Gasteiger partial charge in [-0.3, -0.25) is 0 Å². The van der Waals surface area contributed by atoms with Crippen LogP contribution >= 0.6 is 0 Å². The summed E-state index contributed by atoms with van der Waals surface area (Å²) in [5.74, 6) is -0.923. The Labute approximate surface area is 106 Å². The van der Waals surface area contributed by atoms with Crippen LogP contribution in [0.25, 0.3) is 0 Å². The van der Waals surface area contributed by atoms with Gasteiger partial charge in [0.25, 0.3) is 0 Å². The highest BCUT2D eigenvalue weighted by atomic mass is 16.4. The summed E-state index contributed by atoms with van der Waals surface area (Å²) >= 11 is 0. The van der Waals surface area contributed by atoms with E-state index >= 15 is 0 Å². The third-order valence-corrected chi connectivity index (χ3v) is 2.82. The van der Waals surface area contributed by atoms with Gasteiger partial charge >= 0.3 is 5.97 Å². The van der Waals surface area contributed by atoms with Crippen molar-refractivity contribution in [3.63, 3.8) is 0 Å². The van der Waals surface area contributed by atoms with Crippen LogP contribution in [-0.4, -0.2) is 11.1 Å². The second kappa shape index (κ2) is 4.92. The molecule has 0 aliphatic carbocycles. The second-order valence-electron chi connectivity index (χ2n) is 4.29. The van der Waals surface area contributed by atoms with Crippen LogP contribution in [0, 0.1) is 13.8 Å². The van der Waals surface area contributed by atoms with Gasteiger partial charge in [-0.05, 0) is 37.6 Å². The minimum atomic E-state index is -0.923. The van der Waals surface area contributed by atoms with Gasteiger partial charge in [0.1, 0.15) is 0 Å². The van der Waals surface area contributed by atoms with Gasteiger partial charge in [-0.15, -0.1) is 0 Å². The van der Waals surface area contributed by atoms with E-state index in [2.05, 4.69) is 5.32 Å². The summed E-state index contributed by atoms with van der Waals surface area (Å²) in [6.07, 6.45) is 0. The van der Waals surface area contributed by atoms with Crippen molar-refractivity contribution in [3.05, 3.63) is 59.2 Å². The first-order valence-electron chi connectivity index (χ1n) is 5.74. The van der Waals surface area contributed by atoms with Gasteiger partial charge in [0, 0.05) is 5.69 Å². The molecule has 0 heterocycles. The Balaban J connectivity index is 2.39. The summed E-state index contributed by atoms with van der Waals surface area (Å²) in [6, 6.07) is 13.1. The first-order chi connectivity index (χ1) is 8.58. The third-order valence-electron chi connectivity index (χ3n) is 2.82. The standard InChI is InChI=1S/C15H15NO2/c1-10-6-8-12(9-7-10)16-14-11(2)4-3-5-13(14)15(17)18/h3-9,16H,1-2H3,(H,17,18). The van der Waals surface area contributed by atoms with Crippen molar-refractivity contribution in [1.29, 1.82) is 0 Å². The van der Waals surface area contributed by atoms with Crippen molar-refractivity contribution in [1.82, 2.24) is 0 Å². The molecule has 0 saturated carbocycles. The molecule has 0 amide bonds. The summed E-state index contributed by atoms with van der Waals surface area (Å²) in [5, 5.41) is 12.3. The molecule has 2 aromatic rings. The monoisotopic (exact) mass is 241 g/mol. The first kappa shape index (κ1) is 12.2. The number of hydrogen-bond donors (Lipinski definition) is 2. The lowest BCUT2D eigenvalue weighted by molar-refractivity contribution is 0.0698. The van der Waals surface area contributed by atoms with E-state index < -0.39 is 5.97 Å². The molecule has 0 fully saturated rings. The van der Waals surface area contributed by atoms with E-state index in [0.29, 0.717) is 5.69 Å². The van der Waals surface area contributed by atoms with Crippen molar-refractivity contribution in [3.8, 4) is 0 Å². The lowest BCUT2D eigenvalue weighted by Gasteiger charge is -2.12. The van der Waals surface area contributed by atoms with Crippen molar-refractivity contribution >= 4 is 17.3 Å². The SMILES string of the molecule is Cc1ccc(Nc2c(C)cccc2C(=O)O)cc1. The van der Waals surface area contributed by atoms with Crippen LogP contribution in [0.3, 0.4) is 0 Å². The van der Waals surface area contributed by atoms with Crippen LogP contribution in [0.4, 0.5) is 11.4 Å². The zero-order valence-corrected chi connectivity index (χ0v) is 10.4. The topological polar surface area (TPSA) is 49.3 Å². The van der Waals surface area contributed by atoms with Crippen LogP contribution in [0.1, 0.15) is 21.5 Å². The fourth-order valence-corrected chi connectivity index (χ4v) is 1.79. The Morgan fingerprint density at radius 3 is 2.33 bits per heavy atom. The van der Waals surface area contributed by atoms with Crippen LogP contribution in [-0.2, 0) is 0 Å². The van der Waals surface area contributed by atoms with Crippen molar-refractivity contribution in [2.45, 2.75) is 13.8 Å². The Bertz CT molecular complexity index is 574. The molecular formula is C15H15NO2. The molecule has 0 aliphatic rings. The summed E-state index contributed by atoms with van der Waals surface area (Å²) in [6.45, 7) is 3.91. The maximum Gasteiger partial charge on any atom is 0.337 e. The molecular weight excluding hydrogens is 226 g/mol. The van der Waals surface area contributed by atoms with Crippen LogP contribution < -0.4 is 5.32 Å². The molecule has 0 spiro atoms. The van der Waals surface area contributed by atoms with Crippen molar-refractivity contribution < 1.29 is 9.90 Å². The largest absolute Gasteiger partial charge is 0.478 e. The number of nitrogens with one attached hydrogen (secondary N) is 1. The first-order valence-corrected chi connectivity index (χ1v) is 5.74. The molecule has 0 saturated heterocycles. The van der Waals surface area contributed by atoms with Gasteiger partial charge in [0.2, 0.25) is 0 Å². The quantitative estimate of drug-likeness (QED) is 0.860. The van der Waals surface area contributed by atoms with Gasteiger partial charge < -0.3 is 10.4 Å². The molecule has 2 N–H and O–H groups in total. The van der Waals surface area contributed by atoms with E-state index in [1.165, 1.54) is 5.56 Å². The molecule has 0 radical (unpaired) electrons. The van der Waals surface area contributed by atoms with E-state index in [9.17, 15) is 9.90 Å². The summed E-state index contributed by atoms with van der Waals surface area (Å²) in [4.78, 5) is 11.2. The van der Waals surface area contributed by atoms with Gasteiger partial charge in [-0.1, -0.05) is 29.8 Å². The number of carboxylic acid groups (broad SMARTS) is 1. The van der Waals surface area contributed by atoms with E-state index in [1.54, 1.807) is 12.1 Å². The number of carboxylic acids is 1. The van der Waals surface area contributed by atoms with E-state index in [0.717, 1.165) is 11.3 Å². The number of benzene rings is 2. The summed E-state index contributed by atoms with van der Waals surface area (Å²) in [5.41, 5.74) is 3.90. The highest BCUT2D eigenvalue weighted by Crippen LogP contribution is 2.25. The predicted molar refractivity (Wildman–Crippen MR) is 72.6 cm³/mol. The Morgan fingerprint density at radius 1 is 1.06 bits per heavy atom. The maximum atomic E-state index is 11.2. The number of rotatable bonds is 3. The minimum Gasteiger partial charge on any atom is -0.478 e. The maximum absolute atomic E-state index is 11.2. The average molecular weight is 241 g/mol. The Morgan fingerprint density at radius 2 is 1.72 bits per heavy atom. The average Bonchev–Trinajstić information content (AvgIpc) is 2.34. The molecule has 0 unspecified atom stereocenters. The predicted octanol–water partition coefficient (Wildman–Crippen LogP) is 3.75. The van der Waals surface area contributed by atoms with Crippen LogP contribution in [0.5, 0.6) is 0 Å². The highest BCUT2D eigenvalue weighted by molar-refractivity contribution is 5.96. The summed E-state index contributed by atoms with van der Waals surface area (Å²) in [7, 11) is 0. The summed E-state index contributed by atoms with van der Waals surface area (Å²) < 4.78 is 0. The number of aryl methyl sites for hydroxylation is 2. The van der Waals surface area contributed by atoms with Crippen LogP contribution in [0.15, 0.2) is 42.5 Å². The molecule has 0 aromatic heterocycles. The fraction of sp³-hybridized carbons (Fsp3) is 0.133. The number of para-hydroxylation sites is 1. The molecule has 2 aromatic carbocycles. The molecule has 2 rings (SSSR count). The van der Waals surface area contributed by atoms with Gasteiger partial charge in [-0.25, -0.2) is 4.79 Å². The number of aromatic carboxylic acids is 1. The molecule has 18 heavy (non-hydrogen) atoms. The van der Waals surface area contributed by atoms with Gasteiger partial charge in [0.15, 0.2) is 0 Å². The van der Waals surface area contributed by atoms with E-state index in [1.807, 2.05) is 44.2 Å². The fourth-order valence-electron chi connectivity index (χ4n) is 1.79. The van der Waals surface area contributed by atoms with Crippen LogP contribution in [0.2, 0.25) is 0 Å². The smallest absolute Gasteiger partial charge is 0.337 e. The number of anilines is 2. The highest BCUT2D eigenvalue weighted by Gasteiger charge is 2.11. The third kappa shape index (κ3) is 2.51. The molecule has 3 nitrogen and oxygen atoms in total. The van der Waals surface area contributed by atoms with Gasteiger partial charge in [0.05, 0.1) is 11.3 Å². The second-order valence-corrected chi connectivity index (χ2v) is 4.29. The molecule has 0 aliphatic heterocycles. The zero-order valence-electron chi connectivity index (χ0n) is 10.4. The lowest BCUT2D eigenvalue weighted by Crippen LogP contribution is -2.04. The van der Waals surface area contributed by atoms with E-state index in [-0.39, 0.29) is 5.56 Å². The van der Waals surface area contributed by atoms with Crippen molar-refractivity contribution in [2.75, 3.05) is 5.32 Å². The molecule has 92 valence electrons.